The van der Waals surface area contributed by atoms with Crippen LogP contribution in [0.25, 0.3) is 0 Å². The van der Waals surface area contributed by atoms with Crippen LogP contribution in [0.3, 0.4) is 0 Å². The summed E-state index contributed by atoms with van der Waals surface area (Å²) in [6, 6.07) is 5.60. The molecule has 2 nitrogen and oxygen atoms in total. The van der Waals surface area contributed by atoms with E-state index >= 15 is 0 Å². The molecular formula is C15H18Cl2O2S2. The summed E-state index contributed by atoms with van der Waals surface area (Å²) in [5.74, 6) is 0.249. The highest BCUT2D eigenvalue weighted by Gasteiger charge is 2.28. The van der Waals surface area contributed by atoms with E-state index < -0.39 is 0 Å². The van der Waals surface area contributed by atoms with Crippen molar-refractivity contribution in [2.75, 3.05) is 12.9 Å². The standard InChI is InChI=1S/C15H18Cl2O2S2/c1-19-14(18)9-20-12-7-2-3-8-13(12)21-15-10(16)5-4-6-11(15)17/h4-6,12-13H,2-3,7-9H2,1H3. The number of halogens is 2. The monoisotopic (exact) mass is 364 g/mol. The van der Waals surface area contributed by atoms with Crippen molar-refractivity contribution in [1.82, 2.24) is 0 Å². The van der Waals surface area contributed by atoms with E-state index in [2.05, 4.69) is 0 Å². The average Bonchev–Trinajstić information content (AvgIpc) is 2.49. The summed E-state index contributed by atoms with van der Waals surface area (Å²) in [6.07, 6.45) is 4.69. The highest BCUT2D eigenvalue weighted by Crippen LogP contribution is 2.44. The van der Waals surface area contributed by atoms with Gasteiger partial charge < -0.3 is 4.74 Å². The first-order chi connectivity index (χ1) is 10.1. The zero-order chi connectivity index (χ0) is 15.2. The maximum atomic E-state index is 11.3. The molecule has 2 atom stereocenters. The first kappa shape index (κ1) is 17.3. The normalized spacial score (nSPS) is 22.0. The summed E-state index contributed by atoms with van der Waals surface area (Å²) in [5.41, 5.74) is 0. The second kappa shape index (κ2) is 8.56. The Morgan fingerprint density at radius 1 is 1.24 bits per heavy atom. The molecule has 0 spiro atoms. The fourth-order valence-electron chi connectivity index (χ4n) is 2.37. The van der Waals surface area contributed by atoms with Crippen LogP contribution in [0.1, 0.15) is 25.7 Å². The second-order valence-corrected chi connectivity index (χ2v) is 8.21. The molecule has 0 radical (unpaired) electrons. The Kier molecular flexibility index (Phi) is 7.06. The number of benzene rings is 1. The molecule has 0 aliphatic heterocycles. The number of hydrogen-bond donors (Lipinski definition) is 0. The summed E-state index contributed by atoms with van der Waals surface area (Å²) in [7, 11) is 1.43. The van der Waals surface area contributed by atoms with Gasteiger partial charge in [0.1, 0.15) is 0 Å². The molecule has 1 aromatic carbocycles. The van der Waals surface area contributed by atoms with Crippen molar-refractivity contribution < 1.29 is 9.53 Å². The van der Waals surface area contributed by atoms with Crippen LogP contribution < -0.4 is 0 Å². The van der Waals surface area contributed by atoms with Crippen LogP contribution in [-0.4, -0.2) is 29.3 Å². The van der Waals surface area contributed by atoms with E-state index in [1.54, 1.807) is 23.5 Å². The Hall–Kier alpha value is -0.0300. The summed E-state index contributed by atoms with van der Waals surface area (Å²) in [6.45, 7) is 0. The molecule has 0 bridgehead atoms. The lowest BCUT2D eigenvalue weighted by atomic mass is 10.00. The van der Waals surface area contributed by atoms with E-state index in [-0.39, 0.29) is 5.97 Å². The van der Waals surface area contributed by atoms with Crippen LogP contribution in [0.5, 0.6) is 0 Å². The van der Waals surface area contributed by atoms with Crippen molar-refractivity contribution in [3.05, 3.63) is 28.2 Å². The van der Waals surface area contributed by atoms with Gasteiger partial charge >= 0.3 is 5.97 Å². The van der Waals surface area contributed by atoms with Gasteiger partial charge in [-0.3, -0.25) is 4.79 Å². The molecule has 1 saturated carbocycles. The smallest absolute Gasteiger partial charge is 0.315 e. The number of hydrogen-bond acceptors (Lipinski definition) is 4. The Balaban J connectivity index is 2.03. The predicted octanol–water partition coefficient (Wildman–Crippen LogP) is 5.30. The van der Waals surface area contributed by atoms with E-state index in [4.69, 9.17) is 27.9 Å². The SMILES string of the molecule is COC(=O)CSC1CCCCC1Sc1c(Cl)cccc1Cl. The van der Waals surface area contributed by atoms with Crippen LogP contribution in [0.2, 0.25) is 10.0 Å². The first-order valence-electron chi connectivity index (χ1n) is 6.91. The van der Waals surface area contributed by atoms with Crippen LogP contribution in [0.4, 0.5) is 0 Å². The highest BCUT2D eigenvalue weighted by atomic mass is 35.5. The Morgan fingerprint density at radius 2 is 1.86 bits per heavy atom. The van der Waals surface area contributed by atoms with Crippen LogP contribution in [0, 0.1) is 0 Å². The van der Waals surface area contributed by atoms with Gasteiger partial charge in [0.25, 0.3) is 0 Å². The number of rotatable bonds is 5. The fraction of sp³-hybridized carbons (Fsp3) is 0.533. The number of ether oxygens (including phenoxy) is 1. The summed E-state index contributed by atoms with van der Waals surface area (Å²) >= 11 is 16.0. The van der Waals surface area contributed by atoms with Gasteiger partial charge in [0.2, 0.25) is 0 Å². The Bertz CT molecular complexity index is 476. The van der Waals surface area contributed by atoms with Crippen LogP contribution in [0.15, 0.2) is 23.1 Å². The summed E-state index contributed by atoms with van der Waals surface area (Å²) in [4.78, 5) is 12.3. The molecule has 1 fully saturated rings. The molecule has 116 valence electrons. The molecule has 1 aromatic rings. The van der Waals surface area contributed by atoms with Crippen molar-refractivity contribution >= 4 is 52.7 Å². The third-order valence-corrected chi connectivity index (χ3v) is 7.44. The molecule has 2 unspecified atom stereocenters. The summed E-state index contributed by atoms with van der Waals surface area (Å²) in [5, 5.41) is 2.28. The van der Waals surface area contributed by atoms with Gasteiger partial charge in [0.15, 0.2) is 0 Å². The molecule has 2 rings (SSSR count). The number of methoxy groups -OCH3 is 1. The van der Waals surface area contributed by atoms with Gasteiger partial charge in [-0.25, -0.2) is 0 Å². The lowest BCUT2D eigenvalue weighted by molar-refractivity contribution is -0.137. The summed E-state index contributed by atoms with van der Waals surface area (Å²) < 4.78 is 4.72. The zero-order valence-electron chi connectivity index (χ0n) is 11.8. The van der Waals surface area contributed by atoms with E-state index in [0.29, 0.717) is 26.3 Å². The minimum atomic E-state index is -0.162. The number of thioether (sulfide) groups is 2. The Labute approximate surface area is 144 Å². The van der Waals surface area contributed by atoms with E-state index in [0.717, 1.165) is 17.7 Å². The maximum Gasteiger partial charge on any atom is 0.315 e. The molecule has 6 heteroatoms. The van der Waals surface area contributed by atoms with Crippen molar-refractivity contribution in [3.63, 3.8) is 0 Å². The molecule has 1 aliphatic carbocycles. The zero-order valence-corrected chi connectivity index (χ0v) is 15.0. The van der Waals surface area contributed by atoms with E-state index in [1.165, 1.54) is 20.0 Å². The van der Waals surface area contributed by atoms with E-state index in [9.17, 15) is 4.79 Å². The van der Waals surface area contributed by atoms with Gasteiger partial charge in [-0.05, 0) is 25.0 Å². The van der Waals surface area contributed by atoms with E-state index in [1.807, 2.05) is 18.2 Å². The van der Waals surface area contributed by atoms with Crippen LogP contribution in [-0.2, 0) is 9.53 Å². The topological polar surface area (TPSA) is 26.3 Å². The number of carbonyl (C=O) groups is 1. The van der Waals surface area contributed by atoms with Crippen molar-refractivity contribution in [2.45, 2.75) is 41.1 Å². The number of esters is 1. The first-order valence-corrected chi connectivity index (χ1v) is 9.59. The average molecular weight is 365 g/mol. The Morgan fingerprint density at radius 3 is 2.48 bits per heavy atom. The molecule has 1 aliphatic rings. The van der Waals surface area contributed by atoms with Gasteiger partial charge in [0.05, 0.1) is 22.9 Å². The molecule has 0 N–H and O–H groups in total. The largest absolute Gasteiger partial charge is 0.468 e. The fourth-order valence-corrected chi connectivity index (χ4v) is 5.82. The minimum absolute atomic E-state index is 0.162. The molecule has 0 heterocycles. The van der Waals surface area contributed by atoms with Gasteiger partial charge in [0, 0.05) is 15.4 Å². The van der Waals surface area contributed by atoms with Crippen LogP contribution >= 0.6 is 46.7 Å². The molecule has 0 aromatic heterocycles. The quantitative estimate of drug-likeness (QED) is 0.661. The molecule has 0 saturated heterocycles. The van der Waals surface area contributed by atoms with Crippen molar-refractivity contribution in [1.29, 1.82) is 0 Å². The maximum absolute atomic E-state index is 11.3. The molecular weight excluding hydrogens is 347 g/mol. The lowest BCUT2D eigenvalue weighted by Gasteiger charge is -2.30. The third kappa shape index (κ3) is 4.98. The number of carbonyl (C=O) groups excluding carboxylic acids is 1. The van der Waals surface area contributed by atoms with Crippen molar-refractivity contribution in [2.24, 2.45) is 0 Å². The van der Waals surface area contributed by atoms with Crippen molar-refractivity contribution in [3.8, 4) is 0 Å². The minimum Gasteiger partial charge on any atom is -0.468 e. The van der Waals surface area contributed by atoms with Gasteiger partial charge in [-0.1, -0.05) is 42.1 Å². The third-order valence-electron chi connectivity index (χ3n) is 3.47. The van der Waals surface area contributed by atoms with Gasteiger partial charge in [-0.2, -0.15) is 0 Å². The van der Waals surface area contributed by atoms with Gasteiger partial charge in [-0.15, -0.1) is 23.5 Å². The highest BCUT2D eigenvalue weighted by molar-refractivity contribution is 8.04. The molecule has 0 amide bonds. The predicted molar refractivity (Wildman–Crippen MR) is 92.8 cm³/mol. The molecule has 21 heavy (non-hydrogen) atoms. The second-order valence-electron chi connectivity index (χ2n) is 4.92. The lowest BCUT2D eigenvalue weighted by Crippen LogP contribution is -2.26.